The number of aliphatic hydroxyl groups excluding tert-OH is 1. The Morgan fingerprint density at radius 3 is 2.69 bits per heavy atom. The number of aryl methyl sites for hydroxylation is 1. The van der Waals surface area contributed by atoms with E-state index >= 15 is 0 Å². The van der Waals surface area contributed by atoms with Crippen molar-refractivity contribution >= 4 is 0 Å². The Morgan fingerprint density at radius 1 is 1.12 bits per heavy atom. The molecule has 0 aliphatic carbocycles. The first-order chi connectivity index (χ1) is 7.79. The van der Waals surface area contributed by atoms with Crippen molar-refractivity contribution in [3.8, 4) is 11.3 Å². The molecule has 1 heterocycles. The Kier molecular flexibility index (Phi) is 3.32. The average Bonchev–Trinajstić information content (AvgIpc) is 2.30. The minimum absolute atomic E-state index is 0.143. The SMILES string of the molecule is Cc1cccc(-c2cccc(CCO)n2)c1. The van der Waals surface area contributed by atoms with Gasteiger partial charge in [-0.3, -0.25) is 4.98 Å². The summed E-state index contributed by atoms with van der Waals surface area (Å²) in [5.41, 5.74) is 4.25. The van der Waals surface area contributed by atoms with Crippen LogP contribution in [0, 0.1) is 6.92 Å². The maximum Gasteiger partial charge on any atom is 0.0705 e. The molecule has 1 aromatic carbocycles. The van der Waals surface area contributed by atoms with Crippen LogP contribution in [-0.2, 0) is 6.42 Å². The van der Waals surface area contributed by atoms with Crippen molar-refractivity contribution in [3.05, 3.63) is 53.7 Å². The summed E-state index contributed by atoms with van der Waals surface area (Å²) in [6.07, 6.45) is 0.611. The van der Waals surface area contributed by atoms with E-state index in [-0.39, 0.29) is 6.61 Å². The van der Waals surface area contributed by atoms with E-state index in [9.17, 15) is 0 Å². The van der Waals surface area contributed by atoms with Crippen molar-refractivity contribution in [1.29, 1.82) is 0 Å². The summed E-state index contributed by atoms with van der Waals surface area (Å²) in [5.74, 6) is 0. The lowest BCUT2D eigenvalue weighted by Gasteiger charge is -2.04. The molecule has 2 aromatic rings. The zero-order valence-electron chi connectivity index (χ0n) is 9.35. The van der Waals surface area contributed by atoms with Gasteiger partial charge in [0.25, 0.3) is 0 Å². The van der Waals surface area contributed by atoms with E-state index < -0.39 is 0 Å². The molecule has 2 nitrogen and oxygen atoms in total. The van der Waals surface area contributed by atoms with Crippen LogP contribution in [0.15, 0.2) is 42.5 Å². The smallest absolute Gasteiger partial charge is 0.0705 e. The van der Waals surface area contributed by atoms with Gasteiger partial charge >= 0.3 is 0 Å². The lowest BCUT2D eigenvalue weighted by molar-refractivity contribution is 0.298. The molecule has 0 unspecified atom stereocenters. The van der Waals surface area contributed by atoms with Gasteiger partial charge in [0.15, 0.2) is 0 Å². The highest BCUT2D eigenvalue weighted by atomic mass is 16.3. The van der Waals surface area contributed by atoms with Gasteiger partial charge in [0.2, 0.25) is 0 Å². The number of nitrogens with zero attached hydrogens (tertiary/aromatic N) is 1. The number of pyridine rings is 1. The maximum absolute atomic E-state index is 8.89. The second-order valence-corrected chi connectivity index (χ2v) is 3.86. The van der Waals surface area contributed by atoms with Crippen LogP contribution in [0.4, 0.5) is 0 Å². The van der Waals surface area contributed by atoms with E-state index in [2.05, 4.69) is 30.1 Å². The van der Waals surface area contributed by atoms with Crippen molar-refractivity contribution in [2.75, 3.05) is 6.61 Å². The molecular formula is C14H15NO. The van der Waals surface area contributed by atoms with Crippen LogP contribution >= 0.6 is 0 Å². The lowest BCUT2D eigenvalue weighted by atomic mass is 10.1. The monoisotopic (exact) mass is 213 g/mol. The normalized spacial score (nSPS) is 10.4. The molecule has 0 saturated heterocycles. The van der Waals surface area contributed by atoms with Gasteiger partial charge in [0.05, 0.1) is 5.69 Å². The van der Waals surface area contributed by atoms with Gasteiger partial charge in [0.1, 0.15) is 0 Å². The molecule has 0 fully saturated rings. The fourth-order valence-corrected chi connectivity index (χ4v) is 1.70. The Hall–Kier alpha value is -1.67. The minimum Gasteiger partial charge on any atom is -0.396 e. The number of benzene rings is 1. The van der Waals surface area contributed by atoms with Crippen molar-refractivity contribution < 1.29 is 5.11 Å². The number of hydrogen-bond acceptors (Lipinski definition) is 2. The zero-order chi connectivity index (χ0) is 11.4. The Balaban J connectivity index is 2.36. The topological polar surface area (TPSA) is 33.1 Å². The van der Waals surface area contributed by atoms with E-state index in [4.69, 9.17) is 5.11 Å². The van der Waals surface area contributed by atoms with Crippen LogP contribution in [0.5, 0.6) is 0 Å². The zero-order valence-corrected chi connectivity index (χ0v) is 9.35. The molecule has 2 rings (SSSR count). The van der Waals surface area contributed by atoms with Crippen LogP contribution < -0.4 is 0 Å². The second-order valence-electron chi connectivity index (χ2n) is 3.86. The van der Waals surface area contributed by atoms with E-state index in [0.717, 1.165) is 17.0 Å². The molecule has 16 heavy (non-hydrogen) atoms. The fraction of sp³-hybridized carbons (Fsp3) is 0.214. The Morgan fingerprint density at radius 2 is 1.94 bits per heavy atom. The third kappa shape index (κ3) is 2.47. The van der Waals surface area contributed by atoms with Gasteiger partial charge in [-0.1, -0.05) is 29.8 Å². The number of aliphatic hydroxyl groups is 1. The Labute approximate surface area is 95.6 Å². The minimum atomic E-state index is 0.143. The first kappa shape index (κ1) is 10.8. The van der Waals surface area contributed by atoms with E-state index in [1.165, 1.54) is 5.56 Å². The highest BCUT2D eigenvalue weighted by Crippen LogP contribution is 2.18. The van der Waals surface area contributed by atoms with E-state index in [1.54, 1.807) is 0 Å². The molecule has 0 atom stereocenters. The standard InChI is InChI=1S/C14H15NO/c1-11-4-2-5-12(10-11)14-7-3-6-13(15-14)8-9-16/h2-7,10,16H,8-9H2,1H3. The van der Waals surface area contributed by atoms with Gasteiger partial charge in [-0.15, -0.1) is 0 Å². The molecule has 0 aliphatic heterocycles. The summed E-state index contributed by atoms with van der Waals surface area (Å²) >= 11 is 0. The molecule has 0 bridgehead atoms. The van der Waals surface area contributed by atoms with E-state index in [1.807, 2.05) is 24.3 Å². The first-order valence-electron chi connectivity index (χ1n) is 5.43. The fourth-order valence-electron chi connectivity index (χ4n) is 1.70. The number of aromatic nitrogens is 1. The predicted molar refractivity (Wildman–Crippen MR) is 65.2 cm³/mol. The molecule has 0 aliphatic rings. The van der Waals surface area contributed by atoms with Crippen LogP contribution in [0.1, 0.15) is 11.3 Å². The summed E-state index contributed by atoms with van der Waals surface area (Å²) in [5, 5.41) is 8.89. The second kappa shape index (κ2) is 4.90. The highest BCUT2D eigenvalue weighted by molar-refractivity contribution is 5.59. The van der Waals surface area contributed by atoms with Crippen molar-refractivity contribution in [1.82, 2.24) is 4.98 Å². The van der Waals surface area contributed by atoms with Crippen LogP contribution in [0.3, 0.4) is 0 Å². The van der Waals surface area contributed by atoms with Crippen LogP contribution in [-0.4, -0.2) is 16.7 Å². The van der Waals surface area contributed by atoms with Gasteiger partial charge < -0.3 is 5.11 Å². The highest BCUT2D eigenvalue weighted by Gasteiger charge is 2.00. The molecule has 0 radical (unpaired) electrons. The van der Waals surface area contributed by atoms with Crippen LogP contribution in [0.25, 0.3) is 11.3 Å². The summed E-state index contributed by atoms with van der Waals surface area (Å²) in [4.78, 5) is 4.51. The van der Waals surface area contributed by atoms with Crippen molar-refractivity contribution in [2.24, 2.45) is 0 Å². The van der Waals surface area contributed by atoms with Gasteiger partial charge in [-0.05, 0) is 25.1 Å². The molecule has 0 saturated carbocycles. The number of hydrogen-bond donors (Lipinski definition) is 1. The molecule has 0 spiro atoms. The maximum atomic E-state index is 8.89. The third-order valence-electron chi connectivity index (χ3n) is 2.49. The Bertz CT molecular complexity index is 480. The molecule has 82 valence electrons. The molecular weight excluding hydrogens is 198 g/mol. The number of rotatable bonds is 3. The summed E-state index contributed by atoms with van der Waals surface area (Å²) in [7, 11) is 0. The molecule has 0 amide bonds. The van der Waals surface area contributed by atoms with Crippen molar-refractivity contribution in [2.45, 2.75) is 13.3 Å². The molecule has 1 aromatic heterocycles. The van der Waals surface area contributed by atoms with Gasteiger partial charge in [-0.25, -0.2) is 0 Å². The van der Waals surface area contributed by atoms with Gasteiger partial charge in [0, 0.05) is 24.3 Å². The molecule has 1 N–H and O–H groups in total. The van der Waals surface area contributed by atoms with E-state index in [0.29, 0.717) is 6.42 Å². The quantitative estimate of drug-likeness (QED) is 0.850. The van der Waals surface area contributed by atoms with Gasteiger partial charge in [-0.2, -0.15) is 0 Å². The van der Waals surface area contributed by atoms with Crippen molar-refractivity contribution in [3.63, 3.8) is 0 Å². The summed E-state index contributed by atoms with van der Waals surface area (Å²) in [6.45, 7) is 2.21. The average molecular weight is 213 g/mol. The predicted octanol–water partition coefficient (Wildman–Crippen LogP) is 2.59. The van der Waals surface area contributed by atoms with Crippen LogP contribution in [0.2, 0.25) is 0 Å². The summed E-state index contributed by atoms with van der Waals surface area (Å²) in [6, 6.07) is 14.2. The third-order valence-corrected chi connectivity index (χ3v) is 2.49. The lowest BCUT2D eigenvalue weighted by Crippen LogP contribution is -1.95. The largest absolute Gasteiger partial charge is 0.396 e. The molecule has 2 heteroatoms. The summed E-state index contributed by atoms with van der Waals surface area (Å²) < 4.78 is 0. The first-order valence-corrected chi connectivity index (χ1v) is 5.43.